The zero-order valence-electron chi connectivity index (χ0n) is 20.7. The highest BCUT2D eigenvalue weighted by Gasteiger charge is 2.51. The van der Waals surface area contributed by atoms with Gasteiger partial charge in [0.1, 0.15) is 11.1 Å². The summed E-state index contributed by atoms with van der Waals surface area (Å²) in [5.74, 6) is -6.46. The maximum atomic E-state index is 14.9. The molecule has 3 aliphatic rings. The second-order valence-electron chi connectivity index (χ2n) is 10.3. The van der Waals surface area contributed by atoms with Crippen molar-refractivity contribution in [1.82, 2.24) is 14.5 Å². The molecule has 3 aromatic rings. The first kappa shape index (κ1) is 25.9. The molecule has 9 nitrogen and oxygen atoms in total. The van der Waals surface area contributed by atoms with Crippen LogP contribution in [0.25, 0.3) is 10.9 Å². The molecule has 14 heteroatoms. The van der Waals surface area contributed by atoms with Gasteiger partial charge in [0.15, 0.2) is 12.4 Å². The molecule has 39 heavy (non-hydrogen) atoms. The number of hydrogen-bond donors (Lipinski definition) is 3. The fourth-order valence-electron chi connectivity index (χ4n) is 5.09. The highest BCUT2D eigenvalue weighted by atomic mass is 35.5. The van der Waals surface area contributed by atoms with E-state index in [0.717, 1.165) is 0 Å². The summed E-state index contributed by atoms with van der Waals surface area (Å²) >= 11 is 6.32. The van der Waals surface area contributed by atoms with Gasteiger partial charge in [-0.25, -0.2) is 22.5 Å². The average molecular weight is 569 g/mol. The second-order valence-corrected chi connectivity index (χ2v) is 10.7. The number of β-amino-alcohol motifs (C(OH)–C–C–N with tert-alkyl or cyclic N) is 1. The first-order valence-electron chi connectivity index (χ1n) is 12.5. The topological polar surface area (TPSA) is 105 Å². The Morgan fingerprint density at radius 1 is 1.23 bits per heavy atom. The summed E-state index contributed by atoms with van der Waals surface area (Å²) in [4.78, 5) is 22.9. The Bertz CT molecular complexity index is 1520. The SMILES string of the molecule is Cn1c(=O)c2c(c3cc(Nc4nc(N5CCC(F)(F)[C@H](O)C5)ncc4Cl)ccc31)N[C@@H](C1CC1)C(F)(F)CO2. The zero-order chi connectivity index (χ0) is 27.7. The van der Waals surface area contributed by atoms with E-state index < -0.39 is 42.6 Å². The van der Waals surface area contributed by atoms with Crippen molar-refractivity contribution in [3.63, 3.8) is 0 Å². The molecule has 1 saturated heterocycles. The molecule has 2 aliphatic heterocycles. The molecular weight excluding hydrogens is 544 g/mol. The summed E-state index contributed by atoms with van der Waals surface area (Å²) in [7, 11) is 1.53. The first-order valence-corrected chi connectivity index (χ1v) is 12.9. The van der Waals surface area contributed by atoms with Crippen LogP contribution in [0.1, 0.15) is 19.3 Å². The van der Waals surface area contributed by atoms with Crippen LogP contribution in [0, 0.1) is 5.92 Å². The highest BCUT2D eigenvalue weighted by molar-refractivity contribution is 6.33. The number of aliphatic hydroxyl groups is 1. The number of fused-ring (bicyclic) bond motifs is 3. The summed E-state index contributed by atoms with van der Waals surface area (Å²) < 4.78 is 64.0. The van der Waals surface area contributed by atoms with Gasteiger partial charge in [0.2, 0.25) is 11.7 Å². The van der Waals surface area contributed by atoms with Crippen molar-refractivity contribution in [3.05, 3.63) is 39.8 Å². The van der Waals surface area contributed by atoms with Crippen molar-refractivity contribution in [1.29, 1.82) is 0 Å². The normalized spacial score (nSPS) is 23.9. The number of pyridine rings is 1. The van der Waals surface area contributed by atoms with Gasteiger partial charge in [0, 0.05) is 31.1 Å². The number of rotatable bonds is 4. The van der Waals surface area contributed by atoms with Crippen molar-refractivity contribution in [2.24, 2.45) is 13.0 Å². The number of hydrogen-bond acceptors (Lipinski definition) is 8. The van der Waals surface area contributed by atoms with E-state index in [4.69, 9.17) is 16.3 Å². The molecule has 0 radical (unpaired) electrons. The number of halogens is 5. The summed E-state index contributed by atoms with van der Waals surface area (Å²) in [6.07, 6.45) is 0.246. The van der Waals surface area contributed by atoms with Crippen LogP contribution in [0.5, 0.6) is 5.75 Å². The molecule has 1 saturated carbocycles. The van der Waals surface area contributed by atoms with Crippen LogP contribution in [0.15, 0.2) is 29.2 Å². The number of aliphatic hydroxyl groups excluding tert-OH is 1. The molecule has 2 fully saturated rings. The highest BCUT2D eigenvalue weighted by Crippen LogP contribution is 2.45. The molecule has 208 valence electrons. The number of aryl methyl sites for hydroxylation is 1. The predicted molar refractivity (Wildman–Crippen MR) is 138 cm³/mol. The summed E-state index contributed by atoms with van der Waals surface area (Å²) in [5.41, 5.74) is 0.637. The lowest BCUT2D eigenvalue weighted by atomic mass is 10.0. The minimum Gasteiger partial charge on any atom is -0.480 e. The summed E-state index contributed by atoms with van der Waals surface area (Å²) in [5, 5.41) is 16.4. The molecule has 4 heterocycles. The Morgan fingerprint density at radius 2 is 2.00 bits per heavy atom. The third-order valence-electron chi connectivity index (χ3n) is 7.48. The van der Waals surface area contributed by atoms with Gasteiger partial charge in [-0.2, -0.15) is 4.98 Å². The van der Waals surface area contributed by atoms with Crippen LogP contribution >= 0.6 is 11.6 Å². The molecule has 2 aromatic heterocycles. The van der Waals surface area contributed by atoms with E-state index in [1.165, 1.54) is 22.7 Å². The number of ether oxygens (including phenoxy) is 1. The Kier molecular flexibility index (Phi) is 6.06. The van der Waals surface area contributed by atoms with Gasteiger partial charge in [0.05, 0.1) is 30.0 Å². The van der Waals surface area contributed by atoms with Crippen LogP contribution in [0.4, 0.5) is 40.7 Å². The van der Waals surface area contributed by atoms with E-state index in [1.807, 2.05) is 0 Å². The van der Waals surface area contributed by atoms with Gasteiger partial charge in [-0.05, 0) is 37.0 Å². The lowest BCUT2D eigenvalue weighted by molar-refractivity contribution is -0.118. The number of alkyl halides is 4. The molecule has 6 rings (SSSR count). The van der Waals surface area contributed by atoms with Crippen molar-refractivity contribution in [3.8, 4) is 5.75 Å². The van der Waals surface area contributed by atoms with Gasteiger partial charge in [-0.1, -0.05) is 11.6 Å². The predicted octanol–water partition coefficient (Wildman–Crippen LogP) is 4.15. The van der Waals surface area contributed by atoms with Gasteiger partial charge in [0.25, 0.3) is 11.5 Å². The standard InChI is InChI=1S/C25H25ClF4N6O3/c1-35-16-5-4-13(32-21-15(26)9-31-23(34-21)36-7-6-24(27,28)17(37)10-36)8-14(16)18-19(22(35)38)39-11-25(29,30)20(33-18)12-2-3-12/h4-5,8-9,12,17,20,33,37H,2-3,6-7,10-11H2,1H3,(H,31,32,34)/t17-,20+/m1/s1. The Balaban J connectivity index is 1.36. The lowest BCUT2D eigenvalue weighted by Crippen LogP contribution is -2.51. The summed E-state index contributed by atoms with van der Waals surface area (Å²) in [6, 6.07) is 3.83. The van der Waals surface area contributed by atoms with Crippen molar-refractivity contribution >= 4 is 45.6 Å². The van der Waals surface area contributed by atoms with Crippen molar-refractivity contribution in [2.45, 2.75) is 43.3 Å². The van der Waals surface area contributed by atoms with E-state index >= 15 is 0 Å². The van der Waals surface area contributed by atoms with Crippen LogP contribution in [-0.4, -0.2) is 63.3 Å². The lowest BCUT2D eigenvalue weighted by Gasteiger charge is -2.35. The van der Waals surface area contributed by atoms with Crippen LogP contribution in [-0.2, 0) is 7.05 Å². The van der Waals surface area contributed by atoms with E-state index in [0.29, 0.717) is 29.4 Å². The average Bonchev–Trinajstić information content (AvgIpc) is 3.73. The summed E-state index contributed by atoms with van der Waals surface area (Å²) in [6.45, 7) is -1.30. The van der Waals surface area contributed by atoms with Gasteiger partial charge >= 0.3 is 5.92 Å². The Labute approximate surface area is 224 Å². The van der Waals surface area contributed by atoms with Crippen LogP contribution in [0.2, 0.25) is 5.02 Å². The molecule has 2 atom stereocenters. The molecule has 1 aromatic carbocycles. The number of benzene rings is 1. The molecule has 0 amide bonds. The number of piperidine rings is 1. The van der Waals surface area contributed by atoms with E-state index in [9.17, 15) is 27.5 Å². The number of nitrogens with zero attached hydrogens (tertiary/aromatic N) is 4. The minimum atomic E-state index is -3.19. The van der Waals surface area contributed by atoms with Gasteiger partial charge in [-0.3, -0.25) is 4.79 Å². The van der Waals surface area contributed by atoms with E-state index in [1.54, 1.807) is 18.2 Å². The van der Waals surface area contributed by atoms with Crippen molar-refractivity contribution < 1.29 is 27.4 Å². The first-order chi connectivity index (χ1) is 18.4. The zero-order valence-corrected chi connectivity index (χ0v) is 21.5. The quantitative estimate of drug-likeness (QED) is 0.403. The second kappa shape index (κ2) is 9.12. The maximum Gasteiger partial charge on any atom is 0.301 e. The third kappa shape index (κ3) is 4.61. The molecular formula is C25H25ClF4N6O3. The van der Waals surface area contributed by atoms with Crippen LogP contribution < -0.4 is 25.8 Å². The molecule has 1 aliphatic carbocycles. The van der Waals surface area contributed by atoms with Crippen molar-refractivity contribution in [2.75, 3.05) is 35.2 Å². The molecule has 3 N–H and O–H groups in total. The fraction of sp³-hybridized carbons (Fsp3) is 0.480. The third-order valence-corrected chi connectivity index (χ3v) is 7.76. The monoisotopic (exact) mass is 568 g/mol. The Morgan fingerprint density at radius 3 is 2.72 bits per heavy atom. The minimum absolute atomic E-state index is 0.0558. The number of anilines is 4. The number of aromatic nitrogens is 3. The Hall–Kier alpha value is -3.32. The van der Waals surface area contributed by atoms with E-state index in [2.05, 4.69) is 20.6 Å². The van der Waals surface area contributed by atoms with Gasteiger partial charge in [-0.15, -0.1) is 0 Å². The largest absolute Gasteiger partial charge is 0.480 e. The molecule has 0 spiro atoms. The molecule has 0 unspecified atom stereocenters. The molecule has 0 bridgehead atoms. The maximum absolute atomic E-state index is 14.9. The van der Waals surface area contributed by atoms with E-state index in [-0.39, 0.29) is 47.2 Å². The fourth-order valence-corrected chi connectivity index (χ4v) is 5.22. The van der Waals surface area contributed by atoms with Crippen LogP contribution in [0.3, 0.4) is 0 Å². The smallest absolute Gasteiger partial charge is 0.301 e. The van der Waals surface area contributed by atoms with Gasteiger partial charge < -0.3 is 29.9 Å². The number of nitrogens with one attached hydrogen (secondary N) is 2.